The van der Waals surface area contributed by atoms with Gasteiger partial charge in [0.1, 0.15) is 90.9 Å². The predicted molar refractivity (Wildman–Crippen MR) is 512 cm³/mol. The molecule has 45 nitrogen and oxygen atoms in total. The number of rotatable bonds is 57. The van der Waals surface area contributed by atoms with Crippen molar-refractivity contribution >= 4 is 124 Å². The Balaban J connectivity index is 1.04. The standard InChI is InChI=1S/C98H124F4N18O27/c1-53(88(137)108-54(2)89(138)113-70(45-75(104)124)94(143)112-67(91(140)106-37-34-78(127)111-68(96(145)146)29-33-83(132)133)35-39-119(82(131)52-122)87(98(7,8)9)73-41-59(63-43-61(100)25-27-65(63)102)50-117(73)48-57-20-14-11-15-21-57)107-77(126)30-28-66(110-76(125)22-16-23-85(136)147-120-79(128)31-32-80(120)129)93(142)109-55(3)90(139)114-71(46-84(134)135)95(144)115-69(44-74(103)123)92(141)105-36-17-38-118(81(130)51-121)86(97(4,5)6)72-40-58(62-42-60(99)24-26-64(62)101)49-116(72)47-56-18-12-10-13-19-56/h10-15,18-21,24-27,40-43,49-50,53-55,66-71,86-87,121-122H,16-17,22-23,28-39,44-48,51-52H2,1-9H3,(H2,103,123)(H2,104,124)(H,105,141)(H,106,140)(H,107,126)(H,108,137)(H,109,142)(H,110,125)(H,111,127)(H,112,143)(H,113,138)(H,114,139)(H,115,144)(H,132,133)(H,134,135)(H,145,146)/t53-,54-,55-,66-,67-,68+,69-,70-,71-,86-,87-/m0/s1. The maximum atomic E-state index is 15.6. The number of benzene rings is 4. The number of carbonyl (C=O) groups is 21. The fourth-order valence-corrected chi connectivity index (χ4v) is 16.1. The summed E-state index contributed by atoms with van der Waals surface area (Å²) >= 11 is 0. The molecular formula is C98H124F4N18O27. The van der Waals surface area contributed by atoms with E-state index in [0.29, 0.717) is 17.0 Å². The highest BCUT2D eigenvalue weighted by atomic mass is 19.1. The number of carboxylic acid groups (broad SMARTS) is 3. The summed E-state index contributed by atoms with van der Waals surface area (Å²) in [4.78, 5) is 287. The number of amides is 17. The molecule has 4 aromatic carbocycles. The number of aliphatic hydroxyl groups excluding tert-OH is 2. The Bertz CT molecular complexity index is 5800. The first kappa shape index (κ1) is 118. The minimum absolute atomic E-state index is 0.0726. The zero-order valence-corrected chi connectivity index (χ0v) is 82.3. The number of primary amides is 2. The van der Waals surface area contributed by atoms with Crippen molar-refractivity contribution in [3.05, 3.63) is 167 Å². The Labute approximate surface area is 841 Å². The van der Waals surface area contributed by atoms with Crippen LogP contribution in [-0.4, -0.2) is 268 Å². The van der Waals surface area contributed by atoms with Gasteiger partial charge in [0.15, 0.2) is 0 Å². The molecule has 0 radical (unpaired) electrons. The molecule has 0 spiro atoms. The Morgan fingerprint density at radius 2 is 0.810 bits per heavy atom. The van der Waals surface area contributed by atoms with Gasteiger partial charge in [0, 0.05) is 130 Å². The van der Waals surface area contributed by atoms with Crippen molar-refractivity contribution in [2.75, 3.05) is 39.4 Å². The van der Waals surface area contributed by atoms with Gasteiger partial charge in [-0.1, -0.05) is 102 Å². The van der Waals surface area contributed by atoms with Gasteiger partial charge in [0.25, 0.3) is 11.8 Å². The molecule has 1 fully saturated rings. The summed E-state index contributed by atoms with van der Waals surface area (Å²) in [7, 11) is 0. The smallest absolute Gasteiger partial charge is 0.333 e. The van der Waals surface area contributed by atoms with Crippen LogP contribution in [0.3, 0.4) is 0 Å². The van der Waals surface area contributed by atoms with Crippen LogP contribution in [0.15, 0.2) is 122 Å². The van der Waals surface area contributed by atoms with E-state index < -0.39 is 322 Å². The monoisotopic (exact) mass is 2060 g/mol. The normalized spacial score (nSPS) is 14.2. The van der Waals surface area contributed by atoms with Crippen LogP contribution >= 0.6 is 0 Å². The average molecular weight is 2060 g/mol. The fourth-order valence-electron chi connectivity index (χ4n) is 16.1. The van der Waals surface area contributed by atoms with E-state index in [4.69, 9.17) is 21.4 Å². The SMILES string of the molecule is C[C@H](NC(=O)CC[C@H](NC(=O)CCCC(=O)ON1C(=O)CCC1=O)C(=O)N[C@@H](C)C(=O)N[C@@H](CC(=O)O)C(=O)N[C@@H](CC(N)=O)C(=O)NCCCN(C(=O)CO)[C@@H](c1cc(-c2cc(F)ccc2F)cn1Cc1ccccc1)C(C)(C)C)C(=O)N[C@@H](C)C(=O)N[C@@H](CC(N)=O)C(=O)N[C@@H](CCN(C(=O)CO)[C@@H](c1cc(-c2cc(F)ccc2F)cn1Cc1ccccc1)C(C)(C)C)C(=O)NCCC(=O)N[C@H](CCC(=O)O)C(=O)O. The lowest BCUT2D eigenvalue weighted by molar-refractivity contribution is -0.197. The van der Waals surface area contributed by atoms with Crippen molar-refractivity contribution in [2.24, 2.45) is 22.3 Å². The van der Waals surface area contributed by atoms with Crippen LogP contribution < -0.4 is 70.0 Å². The third-order valence-electron chi connectivity index (χ3n) is 23.2. The Kier molecular flexibility index (Phi) is 44.4. The molecular weight excluding hydrogens is 1940 g/mol. The highest BCUT2D eigenvalue weighted by Gasteiger charge is 2.43. The van der Waals surface area contributed by atoms with Crippen molar-refractivity contribution in [3.8, 4) is 22.3 Å². The maximum Gasteiger partial charge on any atom is 0.333 e. The molecule has 20 N–H and O–H groups in total. The van der Waals surface area contributed by atoms with Crippen molar-refractivity contribution in [1.82, 2.24) is 82.5 Å². The first-order valence-corrected chi connectivity index (χ1v) is 46.9. The third kappa shape index (κ3) is 36.8. The number of nitrogens with zero attached hydrogens (tertiary/aromatic N) is 5. The summed E-state index contributed by atoms with van der Waals surface area (Å²) in [5, 5.41) is 75.4. The van der Waals surface area contributed by atoms with Gasteiger partial charge in [-0.05, 0) is 123 Å². The lowest BCUT2D eigenvalue weighted by Gasteiger charge is -2.41. The number of hydrogen-bond donors (Lipinski definition) is 18. The number of hydrogen-bond acceptors (Lipinski definition) is 24. The number of carbonyl (C=O) groups excluding carboxylic acids is 18. The van der Waals surface area contributed by atoms with Crippen molar-refractivity contribution in [1.29, 1.82) is 0 Å². The van der Waals surface area contributed by atoms with Crippen molar-refractivity contribution in [3.63, 3.8) is 0 Å². The van der Waals surface area contributed by atoms with E-state index in [9.17, 15) is 130 Å². The Morgan fingerprint density at radius 1 is 0.415 bits per heavy atom. The van der Waals surface area contributed by atoms with Gasteiger partial charge in [-0.25, -0.2) is 27.2 Å². The van der Waals surface area contributed by atoms with Crippen molar-refractivity contribution < 1.29 is 149 Å². The first-order chi connectivity index (χ1) is 69.2. The first-order valence-electron chi connectivity index (χ1n) is 46.9. The second kappa shape index (κ2) is 55.3. The number of halogens is 4. The summed E-state index contributed by atoms with van der Waals surface area (Å²) in [5.41, 5.74) is 11.6. The zero-order chi connectivity index (χ0) is 109. The van der Waals surface area contributed by atoms with Crippen LogP contribution in [0.1, 0.15) is 193 Å². The summed E-state index contributed by atoms with van der Waals surface area (Å²) < 4.78 is 64.0. The number of nitrogens with two attached hydrogens (primary N) is 2. The topological polar surface area (TPSA) is 673 Å². The van der Waals surface area contributed by atoms with Gasteiger partial charge >= 0.3 is 23.9 Å². The van der Waals surface area contributed by atoms with Crippen LogP contribution in [-0.2, 0) is 119 Å². The molecule has 3 heterocycles. The Morgan fingerprint density at radius 3 is 1.27 bits per heavy atom. The van der Waals surface area contributed by atoms with E-state index in [1.165, 1.54) is 17.2 Å². The van der Waals surface area contributed by atoms with Gasteiger partial charge in [-0.3, -0.25) is 91.1 Å². The molecule has 17 amide bonds. The molecule has 1 aliphatic rings. The van der Waals surface area contributed by atoms with Crippen LogP contribution in [0.25, 0.3) is 22.3 Å². The summed E-state index contributed by atoms with van der Waals surface area (Å²) in [6.45, 7) is 10.1. The molecule has 0 aliphatic carbocycles. The van der Waals surface area contributed by atoms with Gasteiger partial charge in [0.2, 0.25) is 88.6 Å². The van der Waals surface area contributed by atoms with Gasteiger partial charge in [-0.2, -0.15) is 0 Å². The van der Waals surface area contributed by atoms with E-state index in [1.54, 1.807) is 111 Å². The molecule has 1 aliphatic heterocycles. The van der Waals surface area contributed by atoms with Crippen LogP contribution in [0.2, 0.25) is 0 Å². The molecule has 6 aromatic rings. The minimum Gasteiger partial charge on any atom is -0.481 e. The van der Waals surface area contributed by atoms with E-state index in [1.807, 2.05) is 12.1 Å². The Hall–Kier alpha value is -15.9. The number of nitrogens with one attached hydrogen (secondary N) is 11. The van der Waals surface area contributed by atoms with Gasteiger partial charge < -0.3 is 119 Å². The number of aromatic nitrogens is 2. The van der Waals surface area contributed by atoms with E-state index >= 15 is 8.78 Å². The predicted octanol–water partition coefficient (Wildman–Crippen LogP) is 1.35. The molecule has 1 saturated heterocycles. The van der Waals surface area contributed by atoms with Crippen molar-refractivity contribution in [2.45, 2.75) is 238 Å². The molecule has 49 heteroatoms. The maximum absolute atomic E-state index is 15.6. The van der Waals surface area contributed by atoms with E-state index in [2.05, 4.69) is 58.5 Å². The number of hydroxylamine groups is 2. The number of imide groups is 1. The number of carboxylic acids is 3. The van der Waals surface area contributed by atoms with Crippen LogP contribution in [0.4, 0.5) is 17.6 Å². The summed E-state index contributed by atoms with van der Waals surface area (Å²) in [6, 6.07) is 8.02. The molecule has 11 atom stereocenters. The summed E-state index contributed by atoms with van der Waals surface area (Å²) in [6.07, 6.45) is -6.16. The average Bonchev–Trinajstić information content (AvgIpc) is 1.64. The highest BCUT2D eigenvalue weighted by Crippen LogP contribution is 2.44. The van der Waals surface area contributed by atoms with Crippen LogP contribution in [0.5, 0.6) is 0 Å². The fraction of sp³-hybridized carbons (Fsp3) is 0.459. The molecule has 0 bridgehead atoms. The second-order valence-corrected chi connectivity index (χ2v) is 37.2. The molecule has 7 rings (SSSR count). The lowest BCUT2D eigenvalue weighted by atomic mass is 9.82. The number of aliphatic carboxylic acids is 3. The van der Waals surface area contributed by atoms with E-state index in [-0.39, 0.29) is 79.2 Å². The van der Waals surface area contributed by atoms with E-state index in [0.717, 1.165) is 67.6 Å². The molecule has 147 heavy (non-hydrogen) atoms. The molecule has 796 valence electrons. The minimum atomic E-state index is -2.12. The van der Waals surface area contributed by atoms with Gasteiger partial charge in [0.05, 0.1) is 31.3 Å². The third-order valence-corrected chi connectivity index (χ3v) is 23.2. The lowest BCUT2D eigenvalue weighted by Crippen LogP contribution is -2.58. The number of aliphatic hydroxyl groups is 2. The molecule has 0 unspecified atom stereocenters. The quantitative estimate of drug-likeness (QED) is 0.0146. The second-order valence-electron chi connectivity index (χ2n) is 37.2. The highest BCUT2D eigenvalue weighted by molar-refractivity contribution is 6.02. The molecule has 0 saturated carbocycles. The van der Waals surface area contributed by atoms with Crippen LogP contribution in [0, 0.1) is 34.1 Å². The zero-order valence-electron chi connectivity index (χ0n) is 82.3. The largest absolute Gasteiger partial charge is 0.481 e. The summed E-state index contributed by atoms with van der Waals surface area (Å²) in [5.74, 6) is -27.6. The molecule has 2 aromatic heterocycles. The van der Waals surface area contributed by atoms with Gasteiger partial charge in [-0.15, -0.1) is 5.06 Å².